The summed E-state index contributed by atoms with van der Waals surface area (Å²) in [6, 6.07) is 0. The third-order valence-corrected chi connectivity index (χ3v) is 3.61. The topological polar surface area (TPSA) is 152 Å². The van der Waals surface area contributed by atoms with Crippen molar-refractivity contribution in [3.05, 3.63) is 6.33 Å². The molecule has 3 rings (SSSR count). The molecule has 2 aromatic rings. The van der Waals surface area contributed by atoms with Gasteiger partial charge in [-0.3, -0.25) is 4.57 Å². The van der Waals surface area contributed by atoms with Gasteiger partial charge in [0.05, 0.1) is 6.61 Å². The van der Waals surface area contributed by atoms with Gasteiger partial charge in [0.15, 0.2) is 23.2 Å². The van der Waals surface area contributed by atoms with Crippen LogP contribution in [-0.2, 0) is 4.74 Å². The van der Waals surface area contributed by atoms with Crippen LogP contribution < -0.4 is 11.1 Å². The second-order valence-corrected chi connectivity index (χ2v) is 5.00. The van der Waals surface area contributed by atoms with Gasteiger partial charge in [0, 0.05) is 6.54 Å². The SMILES string of the molecule is CCNc1nc2c(N)ncnc2n1[C@H]1O[C@@H](CO)[C@@H](O)[C@@H]1O. The van der Waals surface area contributed by atoms with Crippen LogP contribution in [0.3, 0.4) is 0 Å². The fourth-order valence-electron chi connectivity index (χ4n) is 2.54. The summed E-state index contributed by atoms with van der Waals surface area (Å²) in [5.74, 6) is 0.592. The lowest BCUT2D eigenvalue weighted by Crippen LogP contribution is -2.33. The van der Waals surface area contributed by atoms with Crippen LogP contribution in [-0.4, -0.2) is 66.3 Å². The predicted molar refractivity (Wildman–Crippen MR) is 76.9 cm³/mol. The number of aliphatic hydroxyl groups is 3. The maximum atomic E-state index is 10.2. The van der Waals surface area contributed by atoms with E-state index in [9.17, 15) is 15.3 Å². The van der Waals surface area contributed by atoms with E-state index in [-0.39, 0.29) is 5.82 Å². The second kappa shape index (κ2) is 5.65. The van der Waals surface area contributed by atoms with Crippen molar-refractivity contribution in [2.75, 3.05) is 24.2 Å². The quantitative estimate of drug-likeness (QED) is 0.452. The van der Waals surface area contributed by atoms with Crippen molar-refractivity contribution in [3.8, 4) is 0 Å². The van der Waals surface area contributed by atoms with E-state index >= 15 is 0 Å². The standard InChI is InChI=1S/C12H18N6O4/c1-2-14-12-17-6-9(13)15-4-16-10(6)18(12)11-8(21)7(20)5(3-19)22-11/h4-5,7-8,11,19-21H,2-3H2,1H3,(H,14,17)(H2,13,15,16)/t5-,7+,8-,11-/m0/s1. The molecule has 4 atom stereocenters. The minimum Gasteiger partial charge on any atom is -0.394 e. The molecule has 0 aromatic carbocycles. The van der Waals surface area contributed by atoms with E-state index in [1.54, 1.807) is 0 Å². The number of nitrogens with two attached hydrogens (primary N) is 1. The summed E-state index contributed by atoms with van der Waals surface area (Å²) in [7, 11) is 0. The Kier molecular flexibility index (Phi) is 3.83. The molecule has 0 saturated carbocycles. The molecule has 0 amide bonds. The van der Waals surface area contributed by atoms with Crippen molar-refractivity contribution >= 4 is 22.9 Å². The molecule has 0 unspecified atom stereocenters. The van der Waals surface area contributed by atoms with E-state index < -0.39 is 31.1 Å². The molecule has 1 saturated heterocycles. The molecule has 1 aliphatic rings. The van der Waals surface area contributed by atoms with Crippen molar-refractivity contribution in [1.29, 1.82) is 0 Å². The van der Waals surface area contributed by atoms with Gasteiger partial charge in [0.2, 0.25) is 5.95 Å². The Bertz CT molecular complexity index is 677. The minimum absolute atomic E-state index is 0.203. The lowest BCUT2D eigenvalue weighted by molar-refractivity contribution is -0.0501. The first-order valence-electron chi connectivity index (χ1n) is 6.93. The number of nitrogens with one attached hydrogen (secondary N) is 1. The van der Waals surface area contributed by atoms with Crippen molar-refractivity contribution in [1.82, 2.24) is 19.5 Å². The largest absolute Gasteiger partial charge is 0.394 e. The molecule has 0 radical (unpaired) electrons. The average molecular weight is 310 g/mol. The molecule has 3 heterocycles. The zero-order valence-electron chi connectivity index (χ0n) is 11.9. The van der Waals surface area contributed by atoms with Crippen LogP contribution in [0.2, 0.25) is 0 Å². The Balaban J connectivity index is 2.13. The minimum atomic E-state index is -1.23. The number of hydrogen-bond acceptors (Lipinski definition) is 9. The molecular weight excluding hydrogens is 292 g/mol. The molecular formula is C12H18N6O4. The molecule has 120 valence electrons. The third-order valence-electron chi connectivity index (χ3n) is 3.61. The fraction of sp³-hybridized carbons (Fsp3) is 0.583. The highest BCUT2D eigenvalue weighted by Gasteiger charge is 2.45. The maximum Gasteiger partial charge on any atom is 0.207 e. The van der Waals surface area contributed by atoms with E-state index in [0.29, 0.717) is 23.7 Å². The van der Waals surface area contributed by atoms with E-state index in [1.165, 1.54) is 10.9 Å². The number of nitrogen functional groups attached to an aromatic ring is 1. The molecule has 10 nitrogen and oxygen atoms in total. The average Bonchev–Trinajstić information content (AvgIpc) is 3.00. The first kappa shape index (κ1) is 14.9. The Hall–Kier alpha value is -2.01. The summed E-state index contributed by atoms with van der Waals surface area (Å²) in [6.07, 6.45) is -2.98. The van der Waals surface area contributed by atoms with Crippen LogP contribution in [0.5, 0.6) is 0 Å². The van der Waals surface area contributed by atoms with Gasteiger partial charge in [0.1, 0.15) is 24.6 Å². The van der Waals surface area contributed by atoms with E-state index in [1.807, 2.05) is 6.92 Å². The van der Waals surface area contributed by atoms with Crippen molar-refractivity contribution in [2.24, 2.45) is 0 Å². The first-order chi connectivity index (χ1) is 10.6. The summed E-state index contributed by atoms with van der Waals surface area (Å²) >= 11 is 0. The number of aliphatic hydroxyl groups excluding tert-OH is 3. The Morgan fingerprint density at radius 1 is 1.36 bits per heavy atom. The fourth-order valence-corrected chi connectivity index (χ4v) is 2.54. The van der Waals surface area contributed by atoms with Gasteiger partial charge in [-0.1, -0.05) is 0 Å². The van der Waals surface area contributed by atoms with Crippen LogP contribution in [0.25, 0.3) is 11.2 Å². The van der Waals surface area contributed by atoms with E-state index in [2.05, 4.69) is 20.3 Å². The van der Waals surface area contributed by atoms with Gasteiger partial charge >= 0.3 is 0 Å². The maximum absolute atomic E-state index is 10.2. The van der Waals surface area contributed by atoms with Crippen molar-refractivity contribution in [2.45, 2.75) is 31.5 Å². The Morgan fingerprint density at radius 2 is 2.14 bits per heavy atom. The number of fused-ring (bicyclic) bond motifs is 1. The van der Waals surface area contributed by atoms with Crippen LogP contribution in [0, 0.1) is 0 Å². The highest BCUT2D eigenvalue weighted by Crippen LogP contribution is 2.34. The number of nitrogens with zero attached hydrogens (tertiary/aromatic N) is 4. The number of imidazole rings is 1. The smallest absolute Gasteiger partial charge is 0.207 e. The lowest BCUT2D eigenvalue weighted by Gasteiger charge is -2.19. The highest BCUT2D eigenvalue weighted by molar-refractivity contribution is 5.84. The van der Waals surface area contributed by atoms with E-state index in [4.69, 9.17) is 10.5 Å². The molecule has 6 N–H and O–H groups in total. The monoisotopic (exact) mass is 310 g/mol. The molecule has 22 heavy (non-hydrogen) atoms. The van der Waals surface area contributed by atoms with Crippen molar-refractivity contribution in [3.63, 3.8) is 0 Å². The Labute approximate surface area is 125 Å². The summed E-state index contributed by atoms with van der Waals surface area (Å²) < 4.78 is 7.06. The zero-order chi connectivity index (χ0) is 15.9. The molecule has 1 fully saturated rings. The molecule has 0 aliphatic carbocycles. The van der Waals surface area contributed by atoms with Crippen LogP contribution >= 0.6 is 0 Å². The first-order valence-corrected chi connectivity index (χ1v) is 6.93. The Morgan fingerprint density at radius 3 is 2.77 bits per heavy atom. The summed E-state index contributed by atoms with van der Waals surface area (Å²) in [6.45, 7) is 2.05. The molecule has 10 heteroatoms. The summed E-state index contributed by atoms with van der Waals surface area (Å²) in [5, 5.41) is 32.4. The normalized spacial score (nSPS) is 28.4. The predicted octanol–water partition coefficient (Wildman–Crippen LogP) is -1.55. The van der Waals surface area contributed by atoms with Gasteiger partial charge in [-0.05, 0) is 6.92 Å². The van der Waals surface area contributed by atoms with E-state index in [0.717, 1.165) is 0 Å². The van der Waals surface area contributed by atoms with Crippen LogP contribution in [0.15, 0.2) is 6.33 Å². The van der Waals surface area contributed by atoms with Gasteiger partial charge in [-0.25, -0.2) is 15.0 Å². The highest BCUT2D eigenvalue weighted by atomic mass is 16.6. The zero-order valence-corrected chi connectivity index (χ0v) is 11.9. The number of rotatable bonds is 4. The van der Waals surface area contributed by atoms with Crippen LogP contribution in [0.4, 0.5) is 11.8 Å². The number of anilines is 2. The van der Waals surface area contributed by atoms with Gasteiger partial charge in [-0.2, -0.15) is 0 Å². The molecule has 2 aromatic heterocycles. The third kappa shape index (κ3) is 2.16. The molecule has 0 bridgehead atoms. The summed E-state index contributed by atoms with van der Waals surface area (Å²) in [5.41, 5.74) is 6.55. The van der Waals surface area contributed by atoms with Gasteiger partial charge < -0.3 is 31.1 Å². The van der Waals surface area contributed by atoms with Gasteiger partial charge in [-0.15, -0.1) is 0 Å². The lowest BCUT2D eigenvalue weighted by atomic mass is 10.1. The van der Waals surface area contributed by atoms with Crippen LogP contribution in [0.1, 0.15) is 13.2 Å². The number of aromatic nitrogens is 4. The van der Waals surface area contributed by atoms with Gasteiger partial charge in [0.25, 0.3) is 0 Å². The molecule has 0 spiro atoms. The number of hydrogen-bond donors (Lipinski definition) is 5. The van der Waals surface area contributed by atoms with Crippen molar-refractivity contribution < 1.29 is 20.1 Å². The summed E-state index contributed by atoms with van der Waals surface area (Å²) in [4.78, 5) is 12.3. The number of ether oxygens (including phenoxy) is 1. The second-order valence-electron chi connectivity index (χ2n) is 5.00. The molecule has 1 aliphatic heterocycles.